The molecule has 8 nitrogen and oxygen atoms in total. The molecule has 0 saturated carbocycles. The third-order valence-electron chi connectivity index (χ3n) is 10.7. The zero-order valence-electron chi connectivity index (χ0n) is 27.6. The predicted molar refractivity (Wildman–Crippen MR) is 178 cm³/mol. The van der Waals surface area contributed by atoms with Crippen LogP contribution in [-0.2, 0) is 4.79 Å². The van der Waals surface area contributed by atoms with Crippen LogP contribution in [0.2, 0.25) is 13.3 Å². The molecule has 250 valence electrons. The van der Waals surface area contributed by atoms with Crippen molar-refractivity contribution < 1.29 is 23.4 Å². The van der Waals surface area contributed by atoms with Crippen molar-refractivity contribution in [2.24, 2.45) is 5.92 Å². The van der Waals surface area contributed by atoms with Crippen molar-refractivity contribution in [2.75, 3.05) is 37.7 Å². The molecule has 3 aliphatic rings. The topological polar surface area (TPSA) is 91.7 Å². The molecule has 0 spiro atoms. The molecule has 0 bridgehead atoms. The van der Waals surface area contributed by atoms with E-state index in [0.29, 0.717) is 41.0 Å². The number of aromatic nitrogens is 3. The van der Waals surface area contributed by atoms with E-state index in [1.807, 2.05) is 0 Å². The van der Waals surface area contributed by atoms with Crippen LogP contribution in [0.15, 0.2) is 6.20 Å². The second-order valence-corrected chi connectivity index (χ2v) is 27.0. The second-order valence-electron chi connectivity index (χ2n) is 14.0. The number of carbonyl (C=O) groups is 1. The Morgan fingerprint density at radius 2 is 1.78 bits per heavy atom. The number of rotatable bonds is 16. The molecule has 3 saturated heterocycles. The number of nitrogens with zero attached hydrogens (tertiary/aromatic N) is 5. The summed E-state index contributed by atoms with van der Waals surface area (Å²) >= 11 is -3.26. The number of pyridine rings is 1. The van der Waals surface area contributed by atoms with Crippen LogP contribution >= 0.6 is 0 Å². The van der Waals surface area contributed by atoms with Gasteiger partial charge in [-0.3, -0.25) is 0 Å². The molecule has 2 aromatic rings. The van der Waals surface area contributed by atoms with Gasteiger partial charge in [-0.05, 0) is 0 Å². The second kappa shape index (κ2) is 15.4. The number of alkyl halides is 1. The zero-order valence-corrected chi connectivity index (χ0v) is 30.5. The Hall–Kier alpha value is -1.82. The number of unbranched alkanes of at least 4 members (excludes halogenated alkanes) is 3. The van der Waals surface area contributed by atoms with E-state index in [9.17, 15) is 14.3 Å². The van der Waals surface area contributed by atoms with Crippen LogP contribution in [0.5, 0.6) is 6.01 Å². The van der Waals surface area contributed by atoms with E-state index in [2.05, 4.69) is 30.6 Å². The molecule has 5 rings (SSSR count). The van der Waals surface area contributed by atoms with Gasteiger partial charge in [-0.1, -0.05) is 0 Å². The molecular formula is C34H53F2N5O3Sn. The van der Waals surface area contributed by atoms with Crippen molar-refractivity contribution in [3.05, 3.63) is 12.0 Å². The van der Waals surface area contributed by atoms with Gasteiger partial charge in [-0.2, -0.15) is 0 Å². The van der Waals surface area contributed by atoms with Crippen LogP contribution in [0.1, 0.15) is 97.8 Å². The fourth-order valence-electron chi connectivity index (χ4n) is 8.29. The Morgan fingerprint density at radius 1 is 1.07 bits per heavy atom. The third kappa shape index (κ3) is 7.68. The van der Waals surface area contributed by atoms with Crippen molar-refractivity contribution in [3.8, 4) is 6.01 Å². The van der Waals surface area contributed by atoms with E-state index in [0.717, 1.165) is 84.1 Å². The number of anilines is 1. The molecule has 1 N–H and O–H groups in total. The van der Waals surface area contributed by atoms with Gasteiger partial charge in [0.2, 0.25) is 0 Å². The number of carboxylic acid groups (broad SMARTS) is 1. The maximum absolute atomic E-state index is 17.1. The van der Waals surface area contributed by atoms with Crippen LogP contribution in [0.3, 0.4) is 0 Å². The molecule has 2 aromatic heterocycles. The summed E-state index contributed by atoms with van der Waals surface area (Å²) in [6.07, 6.45) is 11.5. The number of piperidine rings is 1. The first-order chi connectivity index (χ1) is 21.7. The molecule has 0 unspecified atom stereocenters. The number of aliphatic carboxylic acids is 1. The first-order valence-electron chi connectivity index (χ1n) is 17.6. The van der Waals surface area contributed by atoms with E-state index in [1.54, 1.807) is 6.20 Å². The van der Waals surface area contributed by atoms with Gasteiger partial charge in [0.25, 0.3) is 0 Å². The van der Waals surface area contributed by atoms with Crippen LogP contribution in [0.25, 0.3) is 10.9 Å². The molecule has 5 heterocycles. The maximum atomic E-state index is 17.1. The summed E-state index contributed by atoms with van der Waals surface area (Å²) in [6, 6.07) is 0.119. The van der Waals surface area contributed by atoms with Gasteiger partial charge in [0.15, 0.2) is 0 Å². The Kier molecular flexibility index (Phi) is 11.8. The summed E-state index contributed by atoms with van der Waals surface area (Å²) < 4.78 is 41.9. The van der Waals surface area contributed by atoms with Gasteiger partial charge in [0, 0.05) is 0 Å². The van der Waals surface area contributed by atoms with Gasteiger partial charge in [0.05, 0.1) is 0 Å². The van der Waals surface area contributed by atoms with E-state index < -0.39 is 30.5 Å². The molecule has 45 heavy (non-hydrogen) atoms. The van der Waals surface area contributed by atoms with Gasteiger partial charge in [-0.25, -0.2) is 0 Å². The van der Waals surface area contributed by atoms with Crippen molar-refractivity contribution in [2.45, 2.75) is 123 Å². The first-order valence-corrected chi connectivity index (χ1v) is 25.1. The molecule has 11 heteroatoms. The quantitative estimate of drug-likeness (QED) is 0.187. The fraction of sp³-hybridized carbons (Fsp3) is 0.765. The predicted octanol–water partition coefficient (Wildman–Crippen LogP) is 6.87. The van der Waals surface area contributed by atoms with Crippen LogP contribution < -0.4 is 13.3 Å². The number of carboxylic acids is 1. The molecule has 3 aliphatic heterocycles. The molecule has 3 fully saturated rings. The number of fused-ring (bicyclic) bond motifs is 2. The van der Waals surface area contributed by atoms with E-state index >= 15 is 4.39 Å². The van der Waals surface area contributed by atoms with E-state index in [1.165, 1.54) is 0 Å². The first kappa shape index (κ1) is 34.5. The summed E-state index contributed by atoms with van der Waals surface area (Å²) in [5, 5.41) is 10.0. The molecule has 0 amide bonds. The van der Waals surface area contributed by atoms with Gasteiger partial charge in [-0.15, -0.1) is 0 Å². The zero-order chi connectivity index (χ0) is 32.0. The Balaban J connectivity index is 1.58. The van der Waals surface area contributed by atoms with Crippen molar-refractivity contribution in [1.82, 2.24) is 19.9 Å². The minimum absolute atomic E-state index is 0.0189. The Morgan fingerprint density at radius 3 is 2.44 bits per heavy atom. The van der Waals surface area contributed by atoms with E-state index in [-0.39, 0.29) is 41.8 Å². The SMILES string of the molecule is CCC[CH2][Sn]([CH2]CCC)([CH2]CCC)[c]1ncc2c(N3CCC[C@@H](CC(=O)O)C3)nc(OC[C@@]34CCCN3C[C@H](F)C4)nc2c1F. The normalized spacial score (nSPS) is 24.0. The molecule has 0 aromatic carbocycles. The summed E-state index contributed by atoms with van der Waals surface area (Å²) in [4.78, 5) is 30.4. The summed E-state index contributed by atoms with van der Waals surface area (Å²) in [5.74, 6) is -0.566. The number of hydrogen-bond acceptors (Lipinski definition) is 7. The summed E-state index contributed by atoms with van der Waals surface area (Å²) in [5.41, 5.74) is -0.106. The van der Waals surface area contributed by atoms with Crippen LogP contribution in [-0.4, -0.2) is 93.8 Å². The Labute approximate surface area is 271 Å². The number of ether oxygens (including phenoxy) is 1. The van der Waals surface area contributed by atoms with Crippen molar-refractivity contribution >= 4 is 44.8 Å². The van der Waals surface area contributed by atoms with Crippen LogP contribution in [0.4, 0.5) is 14.6 Å². The standard InChI is InChI=1S/C22H26F2N5O3.3C4H9.Sn/c23-15-8-22(4-2-6-29(22)12-15)13-32-21-26-19-16(9-25-10-17(19)24)20(27-21)28-5-1-3-14(11-28)7-18(30)31;3*1-3-4-2;/h9,14-15H,1-8,11-13H2,(H,30,31);3*1,3-4H2,2H3;/t14-,15+,22-;;;;/m0..../s1. The van der Waals surface area contributed by atoms with Crippen LogP contribution in [0, 0.1) is 11.7 Å². The third-order valence-corrected chi connectivity index (χ3v) is 25.8. The van der Waals surface area contributed by atoms with Gasteiger partial charge in [0.1, 0.15) is 0 Å². The average Bonchev–Trinajstić information content (AvgIpc) is 3.55. The van der Waals surface area contributed by atoms with Crippen molar-refractivity contribution in [1.29, 1.82) is 0 Å². The van der Waals surface area contributed by atoms with Crippen molar-refractivity contribution in [3.63, 3.8) is 0 Å². The Bertz CT molecular complexity index is 1300. The fourth-order valence-corrected chi connectivity index (χ4v) is 23.9. The molecule has 3 atom stereocenters. The summed E-state index contributed by atoms with van der Waals surface area (Å²) in [7, 11) is 0. The molecular weight excluding hydrogens is 683 g/mol. The monoisotopic (exact) mass is 737 g/mol. The van der Waals surface area contributed by atoms with Gasteiger partial charge >= 0.3 is 273 Å². The summed E-state index contributed by atoms with van der Waals surface area (Å²) in [6.45, 7) is 9.40. The van der Waals surface area contributed by atoms with Gasteiger partial charge < -0.3 is 0 Å². The van der Waals surface area contributed by atoms with E-state index in [4.69, 9.17) is 19.7 Å². The number of halogens is 2. The minimum atomic E-state index is -3.26. The molecule has 0 radical (unpaired) electrons. The average molecular weight is 737 g/mol. The molecule has 0 aliphatic carbocycles. The number of hydrogen-bond donors (Lipinski definition) is 1.